The first-order chi connectivity index (χ1) is 6.84. The van der Waals surface area contributed by atoms with Crippen LogP contribution in [-0.4, -0.2) is 17.7 Å². The number of hydrazine groups is 1. The number of nitrogens with zero attached hydrogens (tertiary/aromatic N) is 1. The van der Waals surface area contributed by atoms with Gasteiger partial charge in [-0.2, -0.15) is 0 Å². The summed E-state index contributed by atoms with van der Waals surface area (Å²) < 4.78 is 0. The van der Waals surface area contributed by atoms with Crippen molar-refractivity contribution in [3.63, 3.8) is 0 Å². The smallest absolute Gasteiger partial charge is 0.361 e. The van der Waals surface area contributed by atoms with Crippen molar-refractivity contribution in [1.29, 1.82) is 0 Å². The zero-order valence-corrected chi connectivity index (χ0v) is 8.45. The summed E-state index contributed by atoms with van der Waals surface area (Å²) in [5.41, 5.74) is 2.63. The fourth-order valence-corrected chi connectivity index (χ4v) is 1.15. The molecule has 0 aromatic carbocycles. The lowest BCUT2D eigenvalue weighted by Crippen LogP contribution is -2.43. The molecule has 0 aromatic rings. The standard InChI is InChI=1S/C9H17N3O2/c1-2-3-4-5-6-10-9(13)12-11-7-8-14-12/h7-8,11H,2-6H2,1H3,(H,10,13). The summed E-state index contributed by atoms with van der Waals surface area (Å²) in [7, 11) is 0. The molecule has 0 saturated heterocycles. The minimum atomic E-state index is -0.258. The molecule has 0 radical (unpaired) electrons. The van der Waals surface area contributed by atoms with Crippen molar-refractivity contribution in [2.24, 2.45) is 0 Å². The molecule has 0 saturated carbocycles. The van der Waals surface area contributed by atoms with Crippen LogP contribution < -0.4 is 10.7 Å². The third kappa shape index (κ3) is 3.55. The SMILES string of the molecule is CCCCCCNC(=O)N1NC=CO1. The molecule has 5 heteroatoms. The van der Waals surface area contributed by atoms with E-state index in [1.807, 2.05) is 0 Å². The maximum atomic E-state index is 11.3. The highest BCUT2D eigenvalue weighted by atomic mass is 16.7. The number of hydroxylamine groups is 1. The lowest BCUT2D eigenvalue weighted by Gasteiger charge is -2.14. The molecule has 2 amide bonds. The van der Waals surface area contributed by atoms with E-state index in [9.17, 15) is 4.79 Å². The molecule has 1 aliphatic rings. The summed E-state index contributed by atoms with van der Waals surface area (Å²) in [6.45, 7) is 2.85. The van der Waals surface area contributed by atoms with E-state index in [0.717, 1.165) is 18.0 Å². The van der Waals surface area contributed by atoms with E-state index in [-0.39, 0.29) is 6.03 Å². The Morgan fingerprint density at radius 3 is 3.00 bits per heavy atom. The third-order valence-electron chi connectivity index (χ3n) is 1.92. The van der Waals surface area contributed by atoms with Gasteiger partial charge in [0.15, 0.2) is 0 Å². The van der Waals surface area contributed by atoms with Gasteiger partial charge in [-0.15, -0.1) is 0 Å². The van der Waals surface area contributed by atoms with Crippen LogP contribution >= 0.6 is 0 Å². The normalized spacial score (nSPS) is 13.6. The van der Waals surface area contributed by atoms with Gasteiger partial charge in [-0.3, -0.25) is 5.43 Å². The summed E-state index contributed by atoms with van der Waals surface area (Å²) in [4.78, 5) is 16.1. The second kappa shape index (κ2) is 6.12. The number of unbranched alkanes of at least 4 members (excludes halogenated alkanes) is 3. The Morgan fingerprint density at radius 2 is 2.36 bits per heavy atom. The van der Waals surface area contributed by atoms with E-state index in [1.54, 1.807) is 6.20 Å². The van der Waals surface area contributed by atoms with Crippen LogP contribution in [-0.2, 0) is 4.84 Å². The van der Waals surface area contributed by atoms with Crippen molar-refractivity contribution in [2.75, 3.05) is 6.54 Å². The molecule has 0 bridgehead atoms. The second-order valence-corrected chi connectivity index (χ2v) is 3.12. The molecule has 0 spiro atoms. The Labute approximate surface area is 84.0 Å². The van der Waals surface area contributed by atoms with Crippen LogP contribution in [0, 0.1) is 0 Å². The van der Waals surface area contributed by atoms with E-state index in [2.05, 4.69) is 17.7 Å². The zero-order valence-electron chi connectivity index (χ0n) is 8.45. The van der Waals surface area contributed by atoms with E-state index in [4.69, 9.17) is 4.84 Å². The molecule has 0 aliphatic carbocycles. The molecule has 1 rings (SSSR count). The molecule has 80 valence electrons. The van der Waals surface area contributed by atoms with E-state index < -0.39 is 0 Å². The highest BCUT2D eigenvalue weighted by Gasteiger charge is 2.14. The molecule has 14 heavy (non-hydrogen) atoms. The first kappa shape index (κ1) is 10.7. The minimum absolute atomic E-state index is 0.258. The summed E-state index contributed by atoms with van der Waals surface area (Å²) in [5.74, 6) is 0. The van der Waals surface area contributed by atoms with Gasteiger partial charge in [0.1, 0.15) is 6.26 Å². The molecule has 0 fully saturated rings. The lowest BCUT2D eigenvalue weighted by molar-refractivity contribution is -0.0645. The Balaban J connectivity index is 1.98. The third-order valence-corrected chi connectivity index (χ3v) is 1.92. The molecule has 1 heterocycles. The van der Waals surface area contributed by atoms with Crippen molar-refractivity contribution in [1.82, 2.24) is 15.9 Å². The number of amides is 2. The fraction of sp³-hybridized carbons (Fsp3) is 0.667. The number of urea groups is 1. The predicted octanol–water partition coefficient (Wildman–Crippen LogP) is 1.50. The molecule has 5 nitrogen and oxygen atoms in total. The van der Waals surface area contributed by atoms with E-state index in [0.29, 0.717) is 6.54 Å². The van der Waals surface area contributed by atoms with E-state index >= 15 is 0 Å². The van der Waals surface area contributed by atoms with Crippen LogP contribution in [0.4, 0.5) is 4.79 Å². The lowest BCUT2D eigenvalue weighted by atomic mass is 10.2. The van der Waals surface area contributed by atoms with E-state index in [1.165, 1.54) is 19.1 Å². The van der Waals surface area contributed by atoms with Crippen molar-refractivity contribution in [2.45, 2.75) is 32.6 Å². The summed E-state index contributed by atoms with van der Waals surface area (Å²) >= 11 is 0. The van der Waals surface area contributed by atoms with Gasteiger partial charge in [0.2, 0.25) is 0 Å². The number of nitrogens with one attached hydrogen (secondary N) is 2. The molecule has 2 N–H and O–H groups in total. The Bertz CT molecular complexity index is 198. The molecule has 0 aromatic heterocycles. The maximum absolute atomic E-state index is 11.3. The van der Waals surface area contributed by atoms with Gasteiger partial charge in [0.05, 0.1) is 6.20 Å². The predicted molar refractivity (Wildman–Crippen MR) is 52.7 cm³/mol. The average Bonchev–Trinajstić information content (AvgIpc) is 2.70. The number of hydrogen-bond acceptors (Lipinski definition) is 3. The number of hydrogen-bond donors (Lipinski definition) is 2. The highest BCUT2D eigenvalue weighted by Crippen LogP contribution is 1.98. The summed E-state index contributed by atoms with van der Waals surface area (Å²) in [6, 6.07) is -0.258. The van der Waals surface area contributed by atoms with Crippen LogP contribution in [0.5, 0.6) is 0 Å². The quantitative estimate of drug-likeness (QED) is 0.660. The second-order valence-electron chi connectivity index (χ2n) is 3.12. The maximum Gasteiger partial charge on any atom is 0.370 e. The first-order valence-electron chi connectivity index (χ1n) is 5.00. The van der Waals surface area contributed by atoms with Gasteiger partial charge < -0.3 is 10.2 Å². The van der Waals surface area contributed by atoms with Crippen molar-refractivity contribution < 1.29 is 9.63 Å². The topological polar surface area (TPSA) is 53.6 Å². The Morgan fingerprint density at radius 1 is 1.50 bits per heavy atom. The zero-order chi connectivity index (χ0) is 10.2. The average molecular weight is 199 g/mol. The molecular weight excluding hydrogens is 182 g/mol. The summed E-state index contributed by atoms with van der Waals surface area (Å²) in [5, 5.41) is 3.80. The monoisotopic (exact) mass is 199 g/mol. The van der Waals surface area contributed by atoms with Gasteiger partial charge in [-0.25, -0.2) is 4.79 Å². The van der Waals surface area contributed by atoms with Crippen molar-refractivity contribution in [3.05, 3.63) is 12.5 Å². The van der Waals surface area contributed by atoms with Crippen LogP contribution in [0.2, 0.25) is 0 Å². The van der Waals surface area contributed by atoms with Crippen molar-refractivity contribution >= 4 is 6.03 Å². The molecule has 0 atom stereocenters. The van der Waals surface area contributed by atoms with Gasteiger partial charge in [-0.05, 0) is 6.42 Å². The molecule has 1 aliphatic heterocycles. The first-order valence-corrected chi connectivity index (χ1v) is 5.00. The van der Waals surface area contributed by atoms with Crippen LogP contribution in [0.15, 0.2) is 12.5 Å². The van der Waals surface area contributed by atoms with Gasteiger partial charge in [0.25, 0.3) is 0 Å². The highest BCUT2D eigenvalue weighted by molar-refractivity contribution is 5.72. The largest absolute Gasteiger partial charge is 0.370 e. The van der Waals surface area contributed by atoms with Crippen LogP contribution in [0.25, 0.3) is 0 Å². The number of carbonyl (C=O) groups excluding carboxylic acids is 1. The van der Waals surface area contributed by atoms with Gasteiger partial charge >= 0.3 is 6.03 Å². The minimum Gasteiger partial charge on any atom is -0.361 e. The molecular formula is C9H17N3O2. The number of carbonyl (C=O) groups is 1. The Kier molecular flexibility index (Phi) is 4.68. The Hall–Kier alpha value is -1.39. The van der Waals surface area contributed by atoms with Crippen LogP contribution in [0.1, 0.15) is 32.6 Å². The molecule has 0 unspecified atom stereocenters. The van der Waals surface area contributed by atoms with Gasteiger partial charge in [0, 0.05) is 6.54 Å². The van der Waals surface area contributed by atoms with Gasteiger partial charge in [-0.1, -0.05) is 31.4 Å². The number of rotatable bonds is 5. The van der Waals surface area contributed by atoms with Crippen LogP contribution in [0.3, 0.4) is 0 Å². The van der Waals surface area contributed by atoms with Crippen molar-refractivity contribution in [3.8, 4) is 0 Å². The summed E-state index contributed by atoms with van der Waals surface area (Å²) in [6.07, 6.45) is 7.56. The fourth-order valence-electron chi connectivity index (χ4n) is 1.15.